The van der Waals surface area contributed by atoms with Gasteiger partial charge in [0.15, 0.2) is 0 Å². The zero-order chi connectivity index (χ0) is 11.7. The lowest BCUT2D eigenvalue weighted by Gasteiger charge is -2.31. The fourth-order valence-corrected chi connectivity index (χ4v) is 4.32. The maximum atomic E-state index is 6.05. The molecule has 0 aromatic heterocycles. The monoisotopic (exact) mass is 237 g/mol. The van der Waals surface area contributed by atoms with Crippen molar-refractivity contribution in [3.8, 4) is 0 Å². The average Bonchev–Trinajstić information content (AvgIpc) is 2.87. The van der Waals surface area contributed by atoms with Gasteiger partial charge in [-0.15, -0.1) is 0 Å². The van der Waals surface area contributed by atoms with Crippen molar-refractivity contribution < 1.29 is 18.3 Å². The van der Waals surface area contributed by atoms with E-state index in [1.165, 1.54) is 0 Å². The van der Waals surface area contributed by atoms with Gasteiger partial charge >= 0.3 is 7.94 Å². The predicted molar refractivity (Wildman–Crippen MR) is 60.8 cm³/mol. The molecule has 0 N–H and O–H groups in total. The molecule has 0 bridgehead atoms. The lowest BCUT2D eigenvalue weighted by molar-refractivity contribution is -0.0561. The number of hydrogen-bond donors (Lipinski definition) is 0. The van der Waals surface area contributed by atoms with Gasteiger partial charge in [-0.2, -0.15) is 13.6 Å². The second-order valence-corrected chi connectivity index (χ2v) is 7.61. The van der Waals surface area contributed by atoms with E-state index in [0.29, 0.717) is 0 Å². The third kappa shape index (κ3) is 2.51. The Kier molecular flexibility index (Phi) is 3.79. The molecule has 5 heteroatoms. The van der Waals surface area contributed by atoms with Crippen LogP contribution < -0.4 is 0 Å². The Morgan fingerprint density at radius 3 is 1.53 bits per heavy atom. The van der Waals surface area contributed by atoms with Crippen LogP contribution in [-0.2, 0) is 18.3 Å². The minimum Gasteiger partial charge on any atom is -0.329 e. The van der Waals surface area contributed by atoms with Crippen LogP contribution in [0.5, 0.6) is 0 Å². The van der Waals surface area contributed by atoms with Gasteiger partial charge in [0.2, 0.25) is 0 Å². The maximum absolute atomic E-state index is 6.05. The molecule has 0 aromatic rings. The lowest BCUT2D eigenvalue weighted by atomic mass is 10.2. The molecular formula is C10H22O4P+. The van der Waals surface area contributed by atoms with E-state index in [-0.39, 0.29) is 10.9 Å². The number of ether oxygens (including phenoxy) is 1. The van der Waals surface area contributed by atoms with Crippen molar-refractivity contribution in [2.24, 2.45) is 0 Å². The highest BCUT2D eigenvalue weighted by atomic mass is 31.2. The molecule has 1 fully saturated rings. The van der Waals surface area contributed by atoms with Gasteiger partial charge in [0.25, 0.3) is 5.34 Å². The first-order valence-electron chi connectivity index (χ1n) is 5.11. The SMILES string of the molecule is CO[P+](OC)(OC)C1(OC(C)(C)C)CC1. The first-order valence-corrected chi connectivity index (χ1v) is 6.65. The molecule has 1 rings (SSSR count). The van der Waals surface area contributed by atoms with E-state index in [4.69, 9.17) is 18.3 Å². The first kappa shape index (κ1) is 13.3. The molecule has 0 saturated heterocycles. The van der Waals surface area contributed by atoms with Gasteiger partial charge in [-0.1, -0.05) is 0 Å². The van der Waals surface area contributed by atoms with Gasteiger partial charge in [0.05, 0.1) is 26.9 Å². The van der Waals surface area contributed by atoms with Gasteiger partial charge in [-0.3, -0.25) is 0 Å². The zero-order valence-corrected chi connectivity index (χ0v) is 11.4. The maximum Gasteiger partial charge on any atom is 0.444 e. The molecule has 1 aliphatic rings. The van der Waals surface area contributed by atoms with E-state index in [0.717, 1.165) is 12.8 Å². The minimum atomic E-state index is -2.35. The number of rotatable bonds is 5. The Labute approximate surface area is 92.8 Å². The summed E-state index contributed by atoms with van der Waals surface area (Å²) < 4.78 is 22.4. The van der Waals surface area contributed by atoms with Crippen LogP contribution in [-0.4, -0.2) is 32.3 Å². The average molecular weight is 237 g/mol. The Bertz CT molecular complexity index is 208. The molecule has 1 aliphatic carbocycles. The molecule has 0 heterocycles. The van der Waals surface area contributed by atoms with Crippen LogP contribution in [0.25, 0.3) is 0 Å². The van der Waals surface area contributed by atoms with E-state index < -0.39 is 7.94 Å². The van der Waals surface area contributed by atoms with Crippen molar-refractivity contribution in [3.63, 3.8) is 0 Å². The molecule has 15 heavy (non-hydrogen) atoms. The van der Waals surface area contributed by atoms with Crippen LogP contribution in [0.3, 0.4) is 0 Å². The molecule has 0 amide bonds. The molecule has 4 nitrogen and oxygen atoms in total. The largest absolute Gasteiger partial charge is 0.444 e. The van der Waals surface area contributed by atoms with Crippen LogP contribution in [0.4, 0.5) is 0 Å². The van der Waals surface area contributed by atoms with E-state index in [9.17, 15) is 0 Å². The molecule has 0 radical (unpaired) electrons. The summed E-state index contributed by atoms with van der Waals surface area (Å²) in [5.74, 6) is 0. The molecule has 0 aliphatic heterocycles. The quantitative estimate of drug-likeness (QED) is 0.689. The van der Waals surface area contributed by atoms with Crippen molar-refractivity contribution in [2.45, 2.75) is 44.6 Å². The second kappa shape index (κ2) is 4.27. The standard InChI is InChI=1S/C10H22O4P/c1-9(2,3)14-10(7-8-10)15(11-4,12-5)13-6/h7-8H2,1-6H3/q+1. The molecular weight excluding hydrogens is 215 g/mol. The van der Waals surface area contributed by atoms with E-state index in [1.807, 2.05) is 20.8 Å². The summed E-state index contributed by atoms with van der Waals surface area (Å²) in [4.78, 5) is 0. The lowest BCUT2D eigenvalue weighted by Crippen LogP contribution is -2.32. The van der Waals surface area contributed by atoms with Crippen LogP contribution in [0.1, 0.15) is 33.6 Å². The molecule has 0 unspecified atom stereocenters. The van der Waals surface area contributed by atoms with Gasteiger partial charge in [-0.25, -0.2) is 0 Å². The summed E-state index contributed by atoms with van der Waals surface area (Å²) in [7, 11) is 2.50. The summed E-state index contributed by atoms with van der Waals surface area (Å²) >= 11 is 0. The third-order valence-corrected chi connectivity index (χ3v) is 5.37. The van der Waals surface area contributed by atoms with Gasteiger partial charge in [0, 0.05) is 12.8 Å². The second-order valence-electron chi connectivity index (χ2n) is 4.71. The van der Waals surface area contributed by atoms with Crippen LogP contribution in [0.15, 0.2) is 0 Å². The first-order chi connectivity index (χ1) is 6.85. The Morgan fingerprint density at radius 1 is 0.933 bits per heavy atom. The number of hydrogen-bond acceptors (Lipinski definition) is 4. The van der Waals surface area contributed by atoms with Gasteiger partial charge in [-0.05, 0) is 20.8 Å². The molecule has 1 saturated carbocycles. The molecule has 0 aromatic carbocycles. The van der Waals surface area contributed by atoms with Gasteiger partial charge < -0.3 is 4.74 Å². The van der Waals surface area contributed by atoms with Crippen LogP contribution in [0, 0.1) is 0 Å². The zero-order valence-electron chi connectivity index (χ0n) is 10.5. The summed E-state index contributed by atoms with van der Waals surface area (Å²) in [5, 5.41) is -0.358. The molecule has 0 atom stereocenters. The van der Waals surface area contributed by atoms with E-state index >= 15 is 0 Å². The van der Waals surface area contributed by atoms with Crippen molar-refractivity contribution in [3.05, 3.63) is 0 Å². The van der Waals surface area contributed by atoms with Crippen LogP contribution in [0.2, 0.25) is 0 Å². The summed E-state index contributed by atoms with van der Waals surface area (Å²) in [6.45, 7) is 6.09. The Hall–Kier alpha value is 0.270. The van der Waals surface area contributed by atoms with Crippen LogP contribution >= 0.6 is 7.94 Å². The third-order valence-electron chi connectivity index (χ3n) is 2.39. The van der Waals surface area contributed by atoms with Gasteiger partial charge in [0.1, 0.15) is 0 Å². The van der Waals surface area contributed by atoms with E-state index in [2.05, 4.69) is 0 Å². The predicted octanol–water partition coefficient (Wildman–Crippen LogP) is 2.99. The molecule has 0 spiro atoms. The van der Waals surface area contributed by atoms with Crippen molar-refractivity contribution in [1.29, 1.82) is 0 Å². The highest BCUT2D eigenvalue weighted by Gasteiger charge is 2.74. The van der Waals surface area contributed by atoms with Crippen molar-refractivity contribution >= 4 is 7.94 Å². The van der Waals surface area contributed by atoms with Crippen molar-refractivity contribution in [2.75, 3.05) is 21.3 Å². The summed E-state index contributed by atoms with van der Waals surface area (Å²) in [6.07, 6.45) is 1.88. The topological polar surface area (TPSA) is 36.9 Å². The van der Waals surface area contributed by atoms with Crippen molar-refractivity contribution in [1.82, 2.24) is 0 Å². The Balaban J connectivity index is 2.83. The normalized spacial score (nSPS) is 20.4. The highest BCUT2D eigenvalue weighted by Crippen LogP contribution is 2.80. The smallest absolute Gasteiger partial charge is 0.329 e. The van der Waals surface area contributed by atoms with E-state index in [1.54, 1.807) is 21.3 Å². The fourth-order valence-electron chi connectivity index (χ4n) is 1.83. The molecule has 90 valence electrons. The highest BCUT2D eigenvalue weighted by molar-refractivity contribution is 7.63. The Morgan fingerprint density at radius 2 is 1.33 bits per heavy atom. The summed E-state index contributed by atoms with van der Waals surface area (Å²) in [6, 6.07) is 0. The minimum absolute atomic E-state index is 0.211. The summed E-state index contributed by atoms with van der Waals surface area (Å²) in [5.41, 5.74) is -0.211. The fraction of sp³-hybridized carbons (Fsp3) is 1.00.